The number of pyridine rings is 1. The molecule has 4 N–H and O–H groups in total. The van der Waals surface area contributed by atoms with Crippen molar-refractivity contribution >= 4 is 22.6 Å². The predicted molar refractivity (Wildman–Crippen MR) is 83.6 cm³/mol. The molecule has 3 rings (SSSR count). The standard InChI is InChI=1S/C15H21N5O2/c1-2-20-15-12(8-18-20)13(11(7-17-15)14(16)22)19-9-3-5-10(21)6-4-9/h7-10,21H,2-6H2,1H3,(H2,16,22)(H,17,19). The van der Waals surface area contributed by atoms with Gasteiger partial charge < -0.3 is 16.2 Å². The lowest BCUT2D eigenvalue weighted by molar-refractivity contribution is 0.1000. The number of aliphatic hydroxyl groups is 1. The van der Waals surface area contributed by atoms with Crippen LogP contribution in [0.1, 0.15) is 43.0 Å². The molecule has 1 fully saturated rings. The predicted octanol–water partition coefficient (Wildman–Crippen LogP) is 1.27. The second kappa shape index (κ2) is 5.92. The summed E-state index contributed by atoms with van der Waals surface area (Å²) in [6.07, 6.45) is 6.29. The molecule has 0 bridgehead atoms. The number of nitrogens with two attached hydrogens (primary N) is 1. The quantitative estimate of drug-likeness (QED) is 0.788. The molecule has 1 amide bonds. The molecule has 0 atom stereocenters. The Balaban J connectivity index is 1.99. The zero-order valence-electron chi connectivity index (χ0n) is 12.6. The van der Waals surface area contributed by atoms with Gasteiger partial charge in [-0.15, -0.1) is 0 Å². The van der Waals surface area contributed by atoms with E-state index in [9.17, 15) is 9.90 Å². The molecule has 2 aromatic rings. The number of primary amides is 1. The summed E-state index contributed by atoms with van der Waals surface area (Å²) >= 11 is 0. The van der Waals surface area contributed by atoms with Crippen molar-refractivity contribution in [3.8, 4) is 0 Å². The van der Waals surface area contributed by atoms with Gasteiger partial charge in [0.25, 0.3) is 5.91 Å². The average molecular weight is 303 g/mol. The van der Waals surface area contributed by atoms with Crippen LogP contribution in [0.5, 0.6) is 0 Å². The maximum absolute atomic E-state index is 11.7. The molecule has 0 aromatic carbocycles. The van der Waals surface area contributed by atoms with Crippen LogP contribution < -0.4 is 11.1 Å². The Morgan fingerprint density at radius 2 is 2.14 bits per heavy atom. The van der Waals surface area contributed by atoms with E-state index < -0.39 is 5.91 Å². The van der Waals surface area contributed by atoms with Crippen LogP contribution in [-0.2, 0) is 6.54 Å². The smallest absolute Gasteiger partial charge is 0.252 e. The van der Waals surface area contributed by atoms with Gasteiger partial charge in [-0.2, -0.15) is 5.10 Å². The highest BCUT2D eigenvalue weighted by Gasteiger charge is 2.23. The molecule has 22 heavy (non-hydrogen) atoms. The lowest BCUT2D eigenvalue weighted by Gasteiger charge is -2.27. The van der Waals surface area contributed by atoms with Crippen LogP contribution in [0.2, 0.25) is 0 Å². The average Bonchev–Trinajstić information content (AvgIpc) is 2.93. The Bertz CT molecular complexity index is 689. The topological polar surface area (TPSA) is 106 Å². The summed E-state index contributed by atoms with van der Waals surface area (Å²) in [6, 6.07) is 0.220. The molecular formula is C15H21N5O2. The molecule has 0 spiro atoms. The van der Waals surface area contributed by atoms with Crippen LogP contribution in [0.15, 0.2) is 12.4 Å². The van der Waals surface area contributed by atoms with Crippen LogP contribution in [0.25, 0.3) is 11.0 Å². The van der Waals surface area contributed by atoms with Crippen LogP contribution in [0.4, 0.5) is 5.69 Å². The first-order valence-corrected chi connectivity index (χ1v) is 7.69. The summed E-state index contributed by atoms with van der Waals surface area (Å²) in [5.74, 6) is -0.503. The number of hydrogen-bond acceptors (Lipinski definition) is 5. The minimum atomic E-state index is -0.503. The fourth-order valence-electron chi connectivity index (χ4n) is 3.02. The first-order valence-electron chi connectivity index (χ1n) is 7.69. The zero-order valence-corrected chi connectivity index (χ0v) is 12.6. The number of aliphatic hydroxyl groups excluding tert-OH is 1. The normalized spacial score (nSPS) is 21.9. The van der Waals surface area contributed by atoms with E-state index in [4.69, 9.17) is 5.73 Å². The number of fused-ring (bicyclic) bond motifs is 1. The molecule has 1 aliphatic carbocycles. The van der Waals surface area contributed by atoms with Crippen LogP contribution in [0.3, 0.4) is 0 Å². The van der Waals surface area contributed by atoms with Crippen molar-refractivity contribution in [1.82, 2.24) is 14.8 Å². The van der Waals surface area contributed by atoms with Gasteiger partial charge in [0, 0.05) is 18.8 Å². The van der Waals surface area contributed by atoms with E-state index >= 15 is 0 Å². The third-order valence-corrected chi connectivity index (χ3v) is 4.28. The molecule has 7 nitrogen and oxygen atoms in total. The molecule has 0 aliphatic heterocycles. The van der Waals surface area contributed by atoms with Crippen molar-refractivity contribution < 1.29 is 9.90 Å². The second-order valence-electron chi connectivity index (χ2n) is 5.76. The Morgan fingerprint density at radius 3 is 2.77 bits per heavy atom. The SMILES string of the molecule is CCn1ncc2c(NC3CCC(O)CC3)c(C(N)=O)cnc21. The van der Waals surface area contributed by atoms with Crippen molar-refractivity contribution in [2.45, 2.75) is 51.3 Å². The maximum Gasteiger partial charge on any atom is 0.252 e. The Morgan fingerprint density at radius 1 is 1.41 bits per heavy atom. The maximum atomic E-state index is 11.7. The summed E-state index contributed by atoms with van der Waals surface area (Å²) in [7, 11) is 0. The zero-order chi connectivity index (χ0) is 15.7. The molecule has 2 heterocycles. The minimum Gasteiger partial charge on any atom is -0.393 e. The number of carbonyl (C=O) groups is 1. The third kappa shape index (κ3) is 2.64. The molecule has 7 heteroatoms. The number of carbonyl (C=O) groups excluding carboxylic acids is 1. The van der Waals surface area contributed by atoms with Gasteiger partial charge in [0.1, 0.15) is 0 Å². The summed E-state index contributed by atoms with van der Waals surface area (Å²) in [4.78, 5) is 16.0. The third-order valence-electron chi connectivity index (χ3n) is 4.28. The van der Waals surface area contributed by atoms with Gasteiger partial charge in [0.15, 0.2) is 5.65 Å². The number of nitrogens with one attached hydrogen (secondary N) is 1. The molecule has 0 unspecified atom stereocenters. The van der Waals surface area contributed by atoms with Crippen LogP contribution in [0, 0.1) is 0 Å². The molecule has 0 radical (unpaired) electrons. The van der Waals surface area contributed by atoms with E-state index in [1.165, 1.54) is 6.20 Å². The number of rotatable bonds is 4. The minimum absolute atomic E-state index is 0.214. The van der Waals surface area contributed by atoms with Crippen molar-refractivity contribution in [1.29, 1.82) is 0 Å². The number of hydrogen-bond donors (Lipinski definition) is 3. The van der Waals surface area contributed by atoms with Gasteiger partial charge >= 0.3 is 0 Å². The Hall–Kier alpha value is -2.15. The monoisotopic (exact) mass is 303 g/mol. The summed E-state index contributed by atoms with van der Waals surface area (Å²) in [5, 5.41) is 18.2. The van der Waals surface area contributed by atoms with Gasteiger partial charge in [0.05, 0.1) is 28.9 Å². The van der Waals surface area contributed by atoms with Gasteiger partial charge in [-0.1, -0.05) is 0 Å². The van der Waals surface area contributed by atoms with Crippen molar-refractivity contribution in [2.75, 3.05) is 5.32 Å². The number of aryl methyl sites for hydroxylation is 1. The number of amides is 1. The van der Waals surface area contributed by atoms with Crippen molar-refractivity contribution in [3.63, 3.8) is 0 Å². The highest BCUT2D eigenvalue weighted by atomic mass is 16.3. The van der Waals surface area contributed by atoms with E-state index in [-0.39, 0.29) is 12.1 Å². The summed E-state index contributed by atoms with van der Waals surface area (Å²) in [6.45, 7) is 2.70. The number of aromatic nitrogens is 3. The lowest BCUT2D eigenvalue weighted by atomic mass is 9.92. The fourth-order valence-corrected chi connectivity index (χ4v) is 3.02. The second-order valence-corrected chi connectivity index (χ2v) is 5.76. The Kier molecular flexibility index (Phi) is 3.98. The summed E-state index contributed by atoms with van der Waals surface area (Å²) < 4.78 is 1.79. The van der Waals surface area contributed by atoms with Gasteiger partial charge in [-0.25, -0.2) is 9.67 Å². The molecule has 1 saturated carbocycles. The van der Waals surface area contributed by atoms with E-state index in [0.717, 1.165) is 36.7 Å². The van der Waals surface area contributed by atoms with E-state index in [1.807, 2.05) is 6.92 Å². The molecular weight excluding hydrogens is 282 g/mol. The molecule has 118 valence electrons. The highest BCUT2D eigenvalue weighted by Crippen LogP contribution is 2.29. The number of anilines is 1. The van der Waals surface area contributed by atoms with E-state index in [0.29, 0.717) is 17.8 Å². The highest BCUT2D eigenvalue weighted by molar-refractivity contribution is 6.05. The van der Waals surface area contributed by atoms with Crippen molar-refractivity contribution in [3.05, 3.63) is 18.0 Å². The van der Waals surface area contributed by atoms with E-state index in [2.05, 4.69) is 15.4 Å². The van der Waals surface area contributed by atoms with Crippen molar-refractivity contribution in [2.24, 2.45) is 5.73 Å². The molecule has 2 aromatic heterocycles. The van der Waals surface area contributed by atoms with E-state index in [1.54, 1.807) is 10.9 Å². The largest absolute Gasteiger partial charge is 0.393 e. The van der Waals surface area contributed by atoms with Gasteiger partial charge in [-0.05, 0) is 32.6 Å². The van der Waals surface area contributed by atoms with Gasteiger partial charge in [0.2, 0.25) is 0 Å². The first kappa shape index (κ1) is 14.8. The molecule has 1 aliphatic rings. The lowest BCUT2D eigenvalue weighted by Crippen LogP contribution is -2.29. The van der Waals surface area contributed by atoms with Crippen LogP contribution in [-0.4, -0.2) is 37.9 Å². The molecule has 0 saturated heterocycles. The first-order chi connectivity index (χ1) is 10.6. The number of nitrogens with zero attached hydrogens (tertiary/aromatic N) is 3. The Labute approximate surface area is 128 Å². The fraction of sp³-hybridized carbons (Fsp3) is 0.533. The van der Waals surface area contributed by atoms with Gasteiger partial charge in [-0.3, -0.25) is 4.79 Å². The van der Waals surface area contributed by atoms with Crippen LogP contribution >= 0.6 is 0 Å². The summed E-state index contributed by atoms with van der Waals surface area (Å²) in [5.41, 5.74) is 7.32.